The molecular formula is C11H9BrNO+. The third-order valence-corrected chi connectivity index (χ3v) is 2.89. The van der Waals surface area contributed by atoms with E-state index in [-0.39, 0.29) is 0 Å². The average molecular weight is 251 g/mol. The minimum absolute atomic E-state index is 0.698. The molecule has 0 saturated carbocycles. The molecule has 0 unspecified atom stereocenters. The van der Waals surface area contributed by atoms with Crippen molar-refractivity contribution < 1.29 is 9.36 Å². The minimum Gasteiger partial charge on any atom is -0.291 e. The van der Waals surface area contributed by atoms with Crippen LogP contribution in [0.5, 0.6) is 0 Å². The lowest BCUT2D eigenvalue weighted by Gasteiger charge is -2.01. The number of benzene rings is 1. The van der Waals surface area contributed by atoms with Crippen LogP contribution in [0.2, 0.25) is 0 Å². The largest absolute Gasteiger partial charge is 0.291 e. The van der Waals surface area contributed by atoms with Crippen molar-refractivity contribution in [2.75, 3.05) is 0 Å². The summed E-state index contributed by atoms with van der Waals surface area (Å²) in [6.07, 6.45) is 2.78. The van der Waals surface area contributed by atoms with Crippen molar-refractivity contribution in [3.05, 3.63) is 40.6 Å². The lowest BCUT2D eigenvalue weighted by molar-refractivity contribution is -0.672. The monoisotopic (exact) mass is 250 g/mol. The highest BCUT2D eigenvalue weighted by Crippen LogP contribution is 2.22. The maximum absolute atomic E-state index is 10.9. The van der Waals surface area contributed by atoms with E-state index in [1.165, 1.54) is 0 Å². The summed E-state index contributed by atoms with van der Waals surface area (Å²) in [5, 5.41) is 2.03. The standard InChI is InChI=1S/C11H9BrNO/c1-13-6-10(12)8-4-2-3-5-9(8)11(13)7-14/h2-7H,1H3/q+1. The summed E-state index contributed by atoms with van der Waals surface area (Å²) < 4.78 is 2.82. The number of fused-ring (bicyclic) bond motifs is 1. The van der Waals surface area contributed by atoms with Gasteiger partial charge in [-0.1, -0.05) is 18.2 Å². The first-order valence-electron chi connectivity index (χ1n) is 4.26. The number of aromatic nitrogens is 1. The van der Waals surface area contributed by atoms with Crippen LogP contribution in [0.4, 0.5) is 0 Å². The second kappa shape index (κ2) is 3.50. The molecule has 14 heavy (non-hydrogen) atoms. The lowest BCUT2D eigenvalue weighted by atomic mass is 10.1. The molecule has 70 valence electrons. The molecule has 2 aromatic rings. The highest BCUT2D eigenvalue weighted by Gasteiger charge is 2.13. The fourth-order valence-corrected chi connectivity index (χ4v) is 2.21. The van der Waals surface area contributed by atoms with Gasteiger partial charge < -0.3 is 0 Å². The summed E-state index contributed by atoms with van der Waals surface area (Å²) in [7, 11) is 1.86. The molecule has 0 fully saturated rings. The summed E-state index contributed by atoms with van der Waals surface area (Å²) in [5.41, 5.74) is 0.698. The number of carbonyl (C=O) groups is 1. The molecule has 0 bridgehead atoms. The molecule has 2 nitrogen and oxygen atoms in total. The SMILES string of the molecule is C[n+]1cc(Br)c2ccccc2c1C=O. The van der Waals surface area contributed by atoms with E-state index in [0.29, 0.717) is 5.69 Å². The fourth-order valence-electron chi connectivity index (χ4n) is 1.56. The van der Waals surface area contributed by atoms with Gasteiger partial charge in [0.1, 0.15) is 7.05 Å². The number of hydrogen-bond donors (Lipinski definition) is 0. The van der Waals surface area contributed by atoms with E-state index in [0.717, 1.165) is 21.5 Å². The molecule has 0 radical (unpaired) electrons. The van der Waals surface area contributed by atoms with Gasteiger partial charge in [-0.25, -0.2) is 0 Å². The van der Waals surface area contributed by atoms with Gasteiger partial charge in [0.2, 0.25) is 6.29 Å². The number of rotatable bonds is 1. The highest BCUT2D eigenvalue weighted by molar-refractivity contribution is 9.10. The topological polar surface area (TPSA) is 20.9 Å². The zero-order valence-corrected chi connectivity index (χ0v) is 9.28. The van der Waals surface area contributed by atoms with Crippen LogP contribution >= 0.6 is 15.9 Å². The Morgan fingerprint density at radius 2 is 1.93 bits per heavy atom. The molecule has 0 amide bonds. The van der Waals surface area contributed by atoms with E-state index < -0.39 is 0 Å². The number of aldehydes is 1. The van der Waals surface area contributed by atoms with Crippen LogP contribution in [-0.2, 0) is 7.05 Å². The van der Waals surface area contributed by atoms with E-state index in [1.807, 2.05) is 42.1 Å². The second-order valence-electron chi connectivity index (χ2n) is 3.14. The number of halogens is 1. The Bertz CT molecular complexity index is 508. The van der Waals surface area contributed by atoms with E-state index in [4.69, 9.17) is 0 Å². The summed E-state index contributed by atoms with van der Waals surface area (Å²) in [6, 6.07) is 7.83. The third-order valence-electron chi connectivity index (χ3n) is 2.26. The van der Waals surface area contributed by atoms with Crippen molar-refractivity contribution in [2.45, 2.75) is 0 Å². The fraction of sp³-hybridized carbons (Fsp3) is 0.0909. The molecule has 2 rings (SSSR count). The molecular weight excluding hydrogens is 242 g/mol. The van der Waals surface area contributed by atoms with Gasteiger partial charge in [0.15, 0.2) is 6.20 Å². The normalized spacial score (nSPS) is 10.4. The first kappa shape index (κ1) is 9.34. The minimum atomic E-state index is 0.698. The molecule has 0 aliphatic rings. The summed E-state index contributed by atoms with van der Waals surface area (Å²) >= 11 is 3.47. The zero-order valence-electron chi connectivity index (χ0n) is 7.70. The Morgan fingerprint density at radius 1 is 1.29 bits per heavy atom. The van der Waals surface area contributed by atoms with Gasteiger partial charge in [-0.3, -0.25) is 4.79 Å². The Morgan fingerprint density at radius 3 is 2.57 bits per heavy atom. The average Bonchev–Trinajstić information content (AvgIpc) is 2.18. The third kappa shape index (κ3) is 1.34. The molecule has 0 saturated heterocycles. The van der Waals surface area contributed by atoms with Gasteiger partial charge in [0.05, 0.1) is 9.86 Å². The number of carbonyl (C=O) groups excluding carboxylic acids is 1. The smallest absolute Gasteiger partial charge is 0.253 e. The van der Waals surface area contributed by atoms with Crippen molar-refractivity contribution in [1.29, 1.82) is 0 Å². The molecule has 0 spiro atoms. The van der Waals surface area contributed by atoms with E-state index in [9.17, 15) is 4.79 Å². The molecule has 1 aromatic carbocycles. The number of hydrogen-bond acceptors (Lipinski definition) is 1. The van der Waals surface area contributed by atoms with Crippen LogP contribution in [0, 0.1) is 0 Å². The second-order valence-corrected chi connectivity index (χ2v) is 3.99. The van der Waals surface area contributed by atoms with E-state index in [2.05, 4.69) is 15.9 Å². The highest BCUT2D eigenvalue weighted by atomic mass is 79.9. The number of aryl methyl sites for hydroxylation is 1. The predicted octanol–water partition coefficient (Wildman–Crippen LogP) is 2.24. The molecule has 3 heteroatoms. The van der Waals surface area contributed by atoms with Crippen LogP contribution in [-0.4, -0.2) is 6.29 Å². The molecule has 1 heterocycles. The van der Waals surface area contributed by atoms with Crippen LogP contribution in [0.3, 0.4) is 0 Å². The Hall–Kier alpha value is -1.22. The molecule has 1 aromatic heterocycles. The molecule has 0 N–H and O–H groups in total. The summed E-state index contributed by atoms with van der Waals surface area (Å²) in [6.45, 7) is 0. The zero-order chi connectivity index (χ0) is 10.1. The Labute approximate surface area is 90.3 Å². The van der Waals surface area contributed by atoms with Crippen LogP contribution < -0.4 is 4.57 Å². The van der Waals surface area contributed by atoms with Gasteiger partial charge in [0.25, 0.3) is 5.69 Å². The van der Waals surface area contributed by atoms with E-state index in [1.54, 1.807) is 0 Å². The first-order valence-corrected chi connectivity index (χ1v) is 5.05. The van der Waals surface area contributed by atoms with Crippen LogP contribution in [0.25, 0.3) is 10.8 Å². The van der Waals surface area contributed by atoms with Crippen molar-refractivity contribution in [1.82, 2.24) is 0 Å². The Balaban J connectivity index is 2.97. The summed E-state index contributed by atoms with van der Waals surface area (Å²) in [4.78, 5) is 10.9. The van der Waals surface area contributed by atoms with Crippen LogP contribution in [0.1, 0.15) is 10.5 Å². The van der Waals surface area contributed by atoms with Crippen molar-refractivity contribution >= 4 is 33.0 Å². The predicted molar refractivity (Wildman–Crippen MR) is 58.2 cm³/mol. The molecule has 0 atom stereocenters. The first-order chi connectivity index (χ1) is 6.74. The summed E-state index contributed by atoms with van der Waals surface area (Å²) in [5.74, 6) is 0. The number of pyridine rings is 1. The van der Waals surface area contributed by atoms with Gasteiger partial charge in [-0.05, 0) is 22.0 Å². The lowest BCUT2D eigenvalue weighted by Crippen LogP contribution is -2.33. The van der Waals surface area contributed by atoms with Crippen molar-refractivity contribution in [3.63, 3.8) is 0 Å². The van der Waals surface area contributed by atoms with Gasteiger partial charge in [0, 0.05) is 5.39 Å². The molecule has 0 aliphatic carbocycles. The maximum atomic E-state index is 10.9. The van der Waals surface area contributed by atoms with Gasteiger partial charge in [-0.15, -0.1) is 0 Å². The van der Waals surface area contributed by atoms with Crippen LogP contribution in [0.15, 0.2) is 34.9 Å². The Kier molecular flexibility index (Phi) is 2.33. The van der Waals surface area contributed by atoms with E-state index >= 15 is 0 Å². The van der Waals surface area contributed by atoms with Gasteiger partial charge >= 0.3 is 0 Å². The van der Waals surface area contributed by atoms with Crippen molar-refractivity contribution in [2.24, 2.45) is 7.05 Å². The maximum Gasteiger partial charge on any atom is 0.253 e. The quantitative estimate of drug-likeness (QED) is 0.562. The number of nitrogens with zero attached hydrogens (tertiary/aromatic N) is 1. The van der Waals surface area contributed by atoms with Gasteiger partial charge in [-0.2, -0.15) is 4.57 Å². The molecule has 0 aliphatic heterocycles. The van der Waals surface area contributed by atoms with Crippen molar-refractivity contribution in [3.8, 4) is 0 Å².